The monoisotopic (exact) mass is 577 g/mol. The number of rotatable bonds is 14. The second-order valence-electron chi connectivity index (χ2n) is 10.7. The van der Waals surface area contributed by atoms with E-state index in [-0.39, 0.29) is 5.84 Å². The minimum atomic E-state index is 0.277. The molecule has 1 aliphatic heterocycles. The standard InChI is InChI=1S/C20H33NS.C12H18N2O.2C2H2/c1-5-7-12-20(13-8-6-2)14-11-17-15-18(21(3)4)9-10-19(17)22-16-20;13-12(14)9-5-2-6-10-15-11-7-3-1-4-8-11;2*1-2/h9-10,15H,5-8,11-14,16H2,1-4H3;1,3-4,7-8H,2,5-6,9-10H2,(H3,13,14);2*1-2H. The molecule has 2 aromatic rings. The summed E-state index contributed by atoms with van der Waals surface area (Å²) in [6, 6.07) is 16.8. The summed E-state index contributed by atoms with van der Waals surface area (Å²) in [4.78, 5) is 3.75. The van der Waals surface area contributed by atoms with E-state index in [0.29, 0.717) is 11.8 Å². The van der Waals surface area contributed by atoms with Crippen molar-refractivity contribution >= 4 is 23.3 Å². The summed E-state index contributed by atoms with van der Waals surface area (Å²) in [7, 11) is 4.27. The molecule has 3 rings (SSSR count). The lowest BCUT2D eigenvalue weighted by atomic mass is 9.75. The van der Waals surface area contributed by atoms with Gasteiger partial charge >= 0.3 is 0 Å². The highest BCUT2D eigenvalue weighted by Crippen LogP contribution is 2.45. The Morgan fingerprint density at radius 3 is 2.12 bits per heavy atom. The molecular formula is C36H55N3OS. The van der Waals surface area contributed by atoms with Gasteiger partial charge in [0.25, 0.3) is 0 Å². The van der Waals surface area contributed by atoms with E-state index in [1.807, 2.05) is 30.3 Å². The Balaban J connectivity index is 0.000000735. The molecule has 0 spiro atoms. The van der Waals surface area contributed by atoms with Crippen molar-refractivity contribution in [2.45, 2.75) is 95.8 Å². The van der Waals surface area contributed by atoms with Gasteiger partial charge in [0.2, 0.25) is 0 Å². The molecule has 1 aliphatic rings. The molecule has 0 fully saturated rings. The molecule has 0 atom stereocenters. The summed E-state index contributed by atoms with van der Waals surface area (Å²) in [5.74, 6) is 2.52. The molecule has 4 nitrogen and oxygen atoms in total. The molecule has 2 aromatic carbocycles. The van der Waals surface area contributed by atoms with Gasteiger partial charge in [-0.25, -0.2) is 0 Å². The van der Waals surface area contributed by atoms with Crippen LogP contribution in [0.2, 0.25) is 0 Å². The highest BCUT2D eigenvalue weighted by molar-refractivity contribution is 7.99. The summed E-state index contributed by atoms with van der Waals surface area (Å²) in [5.41, 5.74) is 8.74. The van der Waals surface area contributed by atoms with E-state index >= 15 is 0 Å². The normalized spacial score (nSPS) is 12.8. The van der Waals surface area contributed by atoms with Gasteiger partial charge < -0.3 is 15.4 Å². The van der Waals surface area contributed by atoms with E-state index in [4.69, 9.17) is 15.9 Å². The topological polar surface area (TPSA) is 62.3 Å². The first-order valence-corrected chi connectivity index (χ1v) is 16.0. The molecule has 0 unspecified atom stereocenters. The average molecular weight is 578 g/mol. The van der Waals surface area contributed by atoms with E-state index in [9.17, 15) is 0 Å². The van der Waals surface area contributed by atoms with Crippen LogP contribution in [0.25, 0.3) is 0 Å². The van der Waals surface area contributed by atoms with Gasteiger partial charge in [-0.1, -0.05) is 57.7 Å². The molecule has 0 saturated carbocycles. The predicted octanol–water partition coefficient (Wildman–Crippen LogP) is 9.22. The lowest BCUT2D eigenvalue weighted by Crippen LogP contribution is -2.24. The van der Waals surface area contributed by atoms with Crippen LogP contribution >= 0.6 is 11.8 Å². The number of nitrogens with zero attached hydrogens (tertiary/aromatic N) is 1. The maximum absolute atomic E-state index is 7.06. The molecule has 0 saturated heterocycles. The van der Waals surface area contributed by atoms with Crippen molar-refractivity contribution in [1.29, 1.82) is 5.41 Å². The third-order valence-electron chi connectivity index (χ3n) is 7.24. The summed E-state index contributed by atoms with van der Waals surface area (Å²) >= 11 is 2.12. The number of para-hydroxylation sites is 1. The quantitative estimate of drug-likeness (QED) is 0.102. The van der Waals surface area contributed by atoms with Crippen LogP contribution in [-0.4, -0.2) is 32.3 Å². The largest absolute Gasteiger partial charge is 0.494 e. The lowest BCUT2D eigenvalue weighted by molar-refractivity contribution is 0.244. The number of hydrogen-bond acceptors (Lipinski definition) is 4. The van der Waals surface area contributed by atoms with Crippen molar-refractivity contribution in [2.75, 3.05) is 31.4 Å². The van der Waals surface area contributed by atoms with Crippen molar-refractivity contribution in [3.05, 3.63) is 54.1 Å². The van der Waals surface area contributed by atoms with Crippen LogP contribution in [0.5, 0.6) is 5.75 Å². The first-order chi connectivity index (χ1) is 19.9. The molecule has 0 aliphatic carbocycles. The first-order valence-electron chi connectivity index (χ1n) is 15.0. The number of anilines is 1. The molecule has 0 radical (unpaired) electrons. The minimum Gasteiger partial charge on any atom is -0.494 e. The van der Waals surface area contributed by atoms with Crippen molar-refractivity contribution in [2.24, 2.45) is 11.1 Å². The number of fused-ring (bicyclic) bond motifs is 1. The lowest BCUT2D eigenvalue weighted by Gasteiger charge is -2.32. The van der Waals surface area contributed by atoms with Crippen molar-refractivity contribution < 1.29 is 4.74 Å². The first kappa shape index (κ1) is 38.0. The van der Waals surface area contributed by atoms with Crippen LogP contribution in [0.1, 0.15) is 90.0 Å². The van der Waals surface area contributed by atoms with Crippen LogP contribution in [0, 0.1) is 36.5 Å². The smallest absolute Gasteiger partial charge is 0.119 e. The third-order valence-corrected chi connectivity index (χ3v) is 8.71. The van der Waals surface area contributed by atoms with Gasteiger partial charge in [0, 0.05) is 36.9 Å². The number of nitrogens with two attached hydrogens (primary N) is 1. The molecule has 226 valence electrons. The molecule has 5 heteroatoms. The Morgan fingerprint density at radius 2 is 1.56 bits per heavy atom. The van der Waals surface area contributed by atoms with Crippen LogP contribution < -0.4 is 15.4 Å². The summed E-state index contributed by atoms with van der Waals surface area (Å²) in [6.45, 7) is 5.40. The van der Waals surface area contributed by atoms with Crippen molar-refractivity contribution in [1.82, 2.24) is 0 Å². The van der Waals surface area contributed by atoms with Gasteiger partial charge in [0.15, 0.2) is 0 Å². The Bertz CT molecular complexity index is 970. The fraction of sp³-hybridized carbons (Fsp3) is 0.528. The molecule has 0 aromatic heterocycles. The van der Waals surface area contributed by atoms with Crippen molar-refractivity contribution in [3.8, 4) is 31.4 Å². The van der Waals surface area contributed by atoms with Crippen LogP contribution in [0.15, 0.2) is 53.4 Å². The third kappa shape index (κ3) is 16.1. The van der Waals surface area contributed by atoms with Crippen LogP contribution in [-0.2, 0) is 6.42 Å². The average Bonchev–Trinajstić information content (AvgIpc) is 3.19. The zero-order valence-electron chi connectivity index (χ0n) is 26.2. The SMILES string of the molecule is C#C.C#C.CCCCC1(CCCC)CCc2cc(N(C)C)ccc2SC1.N=C(N)CCCCCOc1ccccc1. The highest BCUT2D eigenvalue weighted by atomic mass is 32.2. The summed E-state index contributed by atoms with van der Waals surface area (Å²) in [5, 5.41) is 7.06. The van der Waals surface area contributed by atoms with E-state index in [0.717, 1.165) is 31.6 Å². The minimum absolute atomic E-state index is 0.277. The van der Waals surface area contributed by atoms with E-state index < -0.39 is 0 Å². The van der Waals surface area contributed by atoms with E-state index in [1.165, 1.54) is 67.7 Å². The molecular weight excluding hydrogens is 522 g/mol. The van der Waals surface area contributed by atoms with Gasteiger partial charge in [0.05, 0.1) is 12.4 Å². The van der Waals surface area contributed by atoms with Gasteiger partial charge in [-0.2, -0.15) is 0 Å². The van der Waals surface area contributed by atoms with Crippen LogP contribution in [0.3, 0.4) is 0 Å². The van der Waals surface area contributed by atoms with Crippen molar-refractivity contribution in [3.63, 3.8) is 0 Å². The highest BCUT2D eigenvalue weighted by Gasteiger charge is 2.31. The molecule has 0 amide bonds. The summed E-state index contributed by atoms with van der Waals surface area (Å²) in [6.07, 6.45) is 30.7. The molecule has 0 bridgehead atoms. The number of ether oxygens (including phenoxy) is 1. The number of nitrogens with one attached hydrogen (secondary N) is 1. The van der Waals surface area contributed by atoms with Gasteiger partial charge in [-0.05, 0) is 86.3 Å². The number of terminal acetylenes is 2. The second kappa shape index (κ2) is 23.7. The Morgan fingerprint density at radius 1 is 0.927 bits per heavy atom. The number of unbranched alkanes of at least 4 members (excludes halogenated alkanes) is 4. The van der Waals surface area contributed by atoms with E-state index in [1.54, 1.807) is 5.56 Å². The number of hydrogen-bond donors (Lipinski definition) is 2. The van der Waals surface area contributed by atoms with E-state index in [2.05, 4.69) is 88.5 Å². The zero-order valence-corrected chi connectivity index (χ0v) is 27.0. The van der Waals surface area contributed by atoms with Crippen LogP contribution in [0.4, 0.5) is 5.69 Å². The zero-order chi connectivity index (χ0) is 30.9. The number of aryl methyl sites for hydroxylation is 1. The van der Waals surface area contributed by atoms with Gasteiger partial charge in [-0.15, -0.1) is 37.5 Å². The predicted molar refractivity (Wildman–Crippen MR) is 183 cm³/mol. The van der Waals surface area contributed by atoms with Gasteiger partial charge in [-0.3, -0.25) is 5.41 Å². The number of thioether (sulfide) groups is 1. The number of benzene rings is 2. The molecule has 3 N–H and O–H groups in total. The summed E-state index contributed by atoms with van der Waals surface area (Å²) < 4.78 is 5.53. The number of amidine groups is 1. The van der Waals surface area contributed by atoms with Gasteiger partial charge in [0.1, 0.15) is 5.75 Å². The fourth-order valence-electron chi connectivity index (χ4n) is 4.81. The Labute approximate surface area is 256 Å². The molecule has 41 heavy (non-hydrogen) atoms. The Hall–Kier alpha value is -3.02. The molecule has 1 heterocycles. The second-order valence-corrected chi connectivity index (χ2v) is 11.7. The maximum Gasteiger partial charge on any atom is 0.119 e. The Kier molecular flexibility index (Phi) is 21.9. The maximum atomic E-state index is 7.06. The fourth-order valence-corrected chi connectivity index (χ4v) is 6.21.